The van der Waals surface area contributed by atoms with Crippen molar-refractivity contribution in [3.05, 3.63) is 108 Å². The molecule has 0 bridgehead atoms. The van der Waals surface area contributed by atoms with Gasteiger partial charge in [-0.15, -0.1) is 0 Å². The van der Waals surface area contributed by atoms with Crippen LogP contribution in [0.3, 0.4) is 0 Å². The van der Waals surface area contributed by atoms with Crippen molar-refractivity contribution in [3.8, 4) is 0 Å². The smallest absolute Gasteiger partial charge is 0.261 e. The number of hydrogen-bond acceptors (Lipinski definition) is 2. The van der Waals surface area contributed by atoms with Gasteiger partial charge in [0.25, 0.3) is 10.0 Å². The lowest BCUT2D eigenvalue weighted by Gasteiger charge is -2.13. The van der Waals surface area contributed by atoms with Crippen LogP contribution in [0.5, 0.6) is 0 Å². The maximum Gasteiger partial charge on any atom is 0.261 e. The molecular formula is C25H21NO2S. The van der Waals surface area contributed by atoms with Gasteiger partial charge in [0, 0.05) is 5.39 Å². The van der Waals surface area contributed by atoms with Crippen molar-refractivity contribution in [3.63, 3.8) is 0 Å². The second-order valence-electron chi connectivity index (χ2n) is 6.91. The third kappa shape index (κ3) is 4.23. The van der Waals surface area contributed by atoms with E-state index in [0.717, 1.165) is 27.5 Å². The summed E-state index contributed by atoms with van der Waals surface area (Å²) in [4.78, 5) is 0.248. The lowest BCUT2D eigenvalue weighted by molar-refractivity contribution is 0.601. The first-order valence-corrected chi connectivity index (χ1v) is 10.9. The van der Waals surface area contributed by atoms with Crippen molar-refractivity contribution in [2.45, 2.75) is 11.8 Å². The number of anilines is 1. The molecule has 0 saturated heterocycles. The van der Waals surface area contributed by atoms with Crippen LogP contribution in [0.4, 0.5) is 5.69 Å². The average molecular weight is 400 g/mol. The predicted octanol–water partition coefficient (Wildman–Crippen LogP) is 6.12. The Morgan fingerprint density at radius 3 is 2.14 bits per heavy atom. The lowest BCUT2D eigenvalue weighted by Crippen LogP contribution is -2.13. The largest absolute Gasteiger partial charge is 0.279 e. The zero-order valence-corrected chi connectivity index (χ0v) is 16.9. The minimum absolute atomic E-state index is 0.248. The van der Waals surface area contributed by atoms with Gasteiger partial charge in [-0.25, -0.2) is 8.42 Å². The summed E-state index contributed by atoms with van der Waals surface area (Å²) in [6.07, 6.45) is 4.04. The summed E-state index contributed by atoms with van der Waals surface area (Å²) < 4.78 is 28.6. The van der Waals surface area contributed by atoms with Crippen molar-refractivity contribution >= 4 is 38.6 Å². The van der Waals surface area contributed by atoms with E-state index >= 15 is 0 Å². The molecule has 0 fully saturated rings. The van der Waals surface area contributed by atoms with Gasteiger partial charge in [-0.3, -0.25) is 4.72 Å². The van der Waals surface area contributed by atoms with E-state index in [0.29, 0.717) is 5.69 Å². The molecule has 0 saturated carbocycles. The van der Waals surface area contributed by atoms with Crippen molar-refractivity contribution in [1.82, 2.24) is 0 Å². The number of hydrogen-bond donors (Lipinski definition) is 1. The summed E-state index contributed by atoms with van der Waals surface area (Å²) in [5.41, 5.74) is 3.62. The third-order valence-corrected chi connectivity index (χ3v) is 6.15. The first kappa shape index (κ1) is 19.0. The summed E-state index contributed by atoms with van der Waals surface area (Å²) in [6, 6.07) is 28.5. The molecule has 4 heteroatoms. The molecule has 0 aromatic heterocycles. The van der Waals surface area contributed by atoms with Gasteiger partial charge < -0.3 is 0 Å². The van der Waals surface area contributed by atoms with Gasteiger partial charge in [0.05, 0.1) is 10.6 Å². The Kier molecular flexibility index (Phi) is 5.19. The molecule has 4 aromatic rings. The first-order chi connectivity index (χ1) is 14.0. The summed E-state index contributed by atoms with van der Waals surface area (Å²) >= 11 is 0. The van der Waals surface area contributed by atoms with Gasteiger partial charge in [-0.05, 0) is 41.6 Å². The van der Waals surface area contributed by atoms with Gasteiger partial charge in [0.1, 0.15) is 0 Å². The van der Waals surface area contributed by atoms with E-state index in [1.807, 2.05) is 79.7 Å². The van der Waals surface area contributed by atoms with Crippen LogP contribution >= 0.6 is 0 Å². The van der Waals surface area contributed by atoms with E-state index < -0.39 is 10.0 Å². The van der Waals surface area contributed by atoms with Gasteiger partial charge in [-0.2, -0.15) is 0 Å². The van der Waals surface area contributed by atoms with E-state index in [1.165, 1.54) is 0 Å². The van der Waals surface area contributed by atoms with Crippen LogP contribution in [0.15, 0.2) is 95.9 Å². The summed E-state index contributed by atoms with van der Waals surface area (Å²) in [7, 11) is -3.68. The normalized spacial score (nSPS) is 11.8. The Labute approximate surface area is 171 Å². The fourth-order valence-electron chi connectivity index (χ4n) is 3.27. The van der Waals surface area contributed by atoms with E-state index in [4.69, 9.17) is 0 Å². The Morgan fingerprint density at radius 2 is 1.41 bits per heavy atom. The Hall–Kier alpha value is -3.37. The molecule has 0 aliphatic heterocycles. The predicted molar refractivity (Wildman–Crippen MR) is 121 cm³/mol. The SMILES string of the molecule is Cc1ccc(S(=O)(=O)Nc2cccc3cccc(/C=C/c4ccccc4)c23)cc1. The Balaban J connectivity index is 1.77. The standard InChI is InChI=1S/C25H21NO2S/c1-19-13-17-23(18-14-19)29(27,28)26-24-12-6-11-21-9-5-10-22(25(21)24)16-15-20-7-3-2-4-8-20/h2-18,26H,1H3/b16-15+. The minimum Gasteiger partial charge on any atom is -0.279 e. The molecule has 0 radical (unpaired) electrons. The zero-order chi connectivity index (χ0) is 20.3. The molecule has 0 heterocycles. The molecule has 0 amide bonds. The topological polar surface area (TPSA) is 46.2 Å². The lowest BCUT2D eigenvalue weighted by atomic mass is 10.0. The monoisotopic (exact) mass is 399 g/mol. The number of fused-ring (bicyclic) bond motifs is 1. The minimum atomic E-state index is -3.68. The van der Waals surface area contributed by atoms with Crippen molar-refractivity contribution in [2.24, 2.45) is 0 Å². The van der Waals surface area contributed by atoms with E-state index in [1.54, 1.807) is 30.3 Å². The van der Waals surface area contributed by atoms with Crippen LogP contribution in [0, 0.1) is 6.92 Å². The molecule has 29 heavy (non-hydrogen) atoms. The Morgan fingerprint density at radius 1 is 0.724 bits per heavy atom. The molecule has 3 nitrogen and oxygen atoms in total. The van der Waals surface area contributed by atoms with Gasteiger partial charge in [0.2, 0.25) is 0 Å². The number of sulfonamides is 1. The third-order valence-electron chi connectivity index (χ3n) is 4.77. The van der Waals surface area contributed by atoms with Crippen molar-refractivity contribution in [2.75, 3.05) is 4.72 Å². The average Bonchev–Trinajstić information content (AvgIpc) is 2.73. The fraction of sp³-hybridized carbons (Fsp3) is 0.0400. The molecule has 0 aliphatic rings. The van der Waals surface area contributed by atoms with Crippen LogP contribution in [0.25, 0.3) is 22.9 Å². The van der Waals surface area contributed by atoms with Gasteiger partial charge in [0.15, 0.2) is 0 Å². The van der Waals surface area contributed by atoms with E-state index in [-0.39, 0.29) is 4.90 Å². The summed E-state index contributed by atoms with van der Waals surface area (Å²) in [6.45, 7) is 1.93. The number of aryl methyl sites for hydroxylation is 1. The molecule has 4 rings (SSSR count). The highest BCUT2D eigenvalue weighted by atomic mass is 32.2. The van der Waals surface area contributed by atoms with Crippen LogP contribution < -0.4 is 4.72 Å². The number of benzene rings is 4. The van der Waals surface area contributed by atoms with Gasteiger partial charge in [-0.1, -0.05) is 90.5 Å². The van der Waals surface area contributed by atoms with E-state index in [9.17, 15) is 8.42 Å². The molecule has 1 N–H and O–H groups in total. The second-order valence-corrected chi connectivity index (χ2v) is 8.60. The maximum atomic E-state index is 12.9. The first-order valence-electron chi connectivity index (χ1n) is 9.37. The fourth-order valence-corrected chi connectivity index (χ4v) is 4.34. The quantitative estimate of drug-likeness (QED) is 0.411. The molecule has 144 valence electrons. The zero-order valence-electron chi connectivity index (χ0n) is 16.0. The highest BCUT2D eigenvalue weighted by molar-refractivity contribution is 7.92. The molecular weight excluding hydrogens is 378 g/mol. The van der Waals surface area contributed by atoms with Crippen LogP contribution in [-0.2, 0) is 10.0 Å². The number of rotatable bonds is 5. The summed E-state index contributed by atoms with van der Waals surface area (Å²) in [5, 5.41) is 1.85. The highest BCUT2D eigenvalue weighted by Gasteiger charge is 2.16. The van der Waals surface area contributed by atoms with Crippen LogP contribution in [0.1, 0.15) is 16.7 Å². The van der Waals surface area contributed by atoms with Crippen LogP contribution in [0.2, 0.25) is 0 Å². The van der Waals surface area contributed by atoms with Crippen LogP contribution in [-0.4, -0.2) is 8.42 Å². The second kappa shape index (κ2) is 7.94. The van der Waals surface area contributed by atoms with Crippen molar-refractivity contribution < 1.29 is 8.42 Å². The van der Waals surface area contributed by atoms with Gasteiger partial charge >= 0.3 is 0 Å². The van der Waals surface area contributed by atoms with Crippen molar-refractivity contribution in [1.29, 1.82) is 0 Å². The summed E-state index contributed by atoms with van der Waals surface area (Å²) in [5.74, 6) is 0. The molecule has 0 atom stereocenters. The Bertz CT molecular complexity index is 1270. The maximum absolute atomic E-state index is 12.9. The molecule has 0 unspecified atom stereocenters. The van der Waals surface area contributed by atoms with E-state index in [2.05, 4.69) is 4.72 Å². The molecule has 0 aliphatic carbocycles. The molecule has 0 spiro atoms. The highest BCUT2D eigenvalue weighted by Crippen LogP contribution is 2.30. The number of nitrogens with one attached hydrogen (secondary N) is 1. The molecule has 4 aromatic carbocycles.